The number of aromatic nitrogens is 3. The number of anilines is 1. The third kappa shape index (κ3) is 3.06. The minimum Gasteiger partial charge on any atom is -0.378 e. The minimum absolute atomic E-state index is 0.477. The topological polar surface area (TPSA) is 66.1 Å². The fraction of sp³-hybridized carbons (Fsp3) is 0.846. The summed E-state index contributed by atoms with van der Waals surface area (Å²) in [5.41, 5.74) is 0. The van der Waals surface area contributed by atoms with Crippen molar-refractivity contribution in [3.05, 3.63) is 5.82 Å². The fourth-order valence-corrected chi connectivity index (χ4v) is 2.87. The van der Waals surface area contributed by atoms with Crippen molar-refractivity contribution >= 4 is 5.95 Å². The Balaban J connectivity index is 1.48. The van der Waals surface area contributed by atoms with Gasteiger partial charge in [0.1, 0.15) is 5.82 Å². The van der Waals surface area contributed by atoms with Gasteiger partial charge in [-0.15, -0.1) is 5.10 Å². The molecule has 6 nitrogen and oxygen atoms in total. The zero-order valence-corrected chi connectivity index (χ0v) is 11.6. The number of piperazine rings is 1. The molecule has 0 atom stereocenters. The van der Waals surface area contributed by atoms with Crippen molar-refractivity contribution in [3.8, 4) is 0 Å². The van der Waals surface area contributed by atoms with E-state index < -0.39 is 0 Å². The molecule has 2 heterocycles. The molecule has 1 saturated heterocycles. The Morgan fingerprint density at radius 2 is 2.11 bits per heavy atom. The molecule has 1 aromatic heterocycles. The summed E-state index contributed by atoms with van der Waals surface area (Å²) < 4.78 is 5.58. The first-order valence-corrected chi connectivity index (χ1v) is 7.33. The third-order valence-corrected chi connectivity index (χ3v) is 4.00. The van der Waals surface area contributed by atoms with Crippen LogP contribution in [0.2, 0.25) is 0 Å². The minimum atomic E-state index is 0.477. The van der Waals surface area contributed by atoms with Crippen LogP contribution in [0.25, 0.3) is 0 Å². The summed E-state index contributed by atoms with van der Waals surface area (Å²) in [6.07, 6.45) is 3.81. The summed E-state index contributed by atoms with van der Waals surface area (Å²) in [4.78, 5) is 6.85. The van der Waals surface area contributed by atoms with Crippen LogP contribution in [0.3, 0.4) is 0 Å². The highest BCUT2D eigenvalue weighted by Crippen LogP contribution is 2.32. The first-order chi connectivity index (χ1) is 9.35. The predicted molar refractivity (Wildman–Crippen MR) is 73.3 cm³/mol. The molecule has 0 bridgehead atoms. The number of ether oxygens (including phenoxy) is 1. The Hall–Kier alpha value is -1.14. The van der Waals surface area contributed by atoms with E-state index in [1.165, 1.54) is 0 Å². The second-order valence-corrected chi connectivity index (χ2v) is 5.44. The summed E-state index contributed by atoms with van der Waals surface area (Å²) in [6.45, 7) is 6.90. The molecule has 0 spiro atoms. The third-order valence-electron chi connectivity index (χ3n) is 4.00. The molecule has 0 aromatic carbocycles. The van der Waals surface area contributed by atoms with E-state index in [0.717, 1.165) is 63.8 Å². The highest BCUT2D eigenvalue weighted by Gasteiger charge is 2.30. The molecule has 2 aliphatic rings. The first-order valence-electron chi connectivity index (χ1n) is 7.33. The van der Waals surface area contributed by atoms with Gasteiger partial charge in [-0.2, -0.15) is 4.98 Å². The van der Waals surface area contributed by atoms with Gasteiger partial charge in [-0.1, -0.05) is 0 Å². The smallest absolute Gasteiger partial charge is 0.244 e. The number of hydrogen-bond donors (Lipinski definition) is 2. The van der Waals surface area contributed by atoms with Crippen LogP contribution in [0.4, 0.5) is 5.95 Å². The monoisotopic (exact) mass is 265 g/mol. The number of nitrogens with one attached hydrogen (secondary N) is 2. The van der Waals surface area contributed by atoms with E-state index in [9.17, 15) is 0 Å². The van der Waals surface area contributed by atoms with Crippen LogP contribution in [-0.4, -0.2) is 54.1 Å². The van der Waals surface area contributed by atoms with Crippen molar-refractivity contribution in [2.45, 2.75) is 32.3 Å². The van der Waals surface area contributed by atoms with Gasteiger partial charge in [-0.3, -0.25) is 5.10 Å². The Morgan fingerprint density at radius 1 is 1.32 bits per heavy atom. The number of H-pyrrole nitrogens is 1. The van der Waals surface area contributed by atoms with Gasteiger partial charge in [0, 0.05) is 39.2 Å². The van der Waals surface area contributed by atoms with Crippen LogP contribution in [-0.2, 0) is 11.2 Å². The lowest BCUT2D eigenvalue weighted by Crippen LogP contribution is -2.44. The largest absolute Gasteiger partial charge is 0.378 e. The standard InChI is InChI=1S/C13H23N5O/c1-2-19-11-7-10(8-11)9-12-15-13(17-16-12)18-5-3-14-4-6-18/h10-11,14H,2-9H2,1H3,(H,15,16,17). The number of rotatable bonds is 5. The molecule has 2 N–H and O–H groups in total. The lowest BCUT2D eigenvalue weighted by Gasteiger charge is -2.34. The highest BCUT2D eigenvalue weighted by atomic mass is 16.5. The maximum absolute atomic E-state index is 5.58. The first kappa shape index (κ1) is 12.9. The highest BCUT2D eigenvalue weighted by molar-refractivity contribution is 5.29. The second kappa shape index (κ2) is 5.88. The molecule has 2 fully saturated rings. The molecule has 0 radical (unpaired) electrons. The average Bonchev–Trinajstić information content (AvgIpc) is 2.86. The van der Waals surface area contributed by atoms with Crippen LogP contribution in [0.5, 0.6) is 0 Å². The van der Waals surface area contributed by atoms with E-state index >= 15 is 0 Å². The average molecular weight is 265 g/mol. The second-order valence-electron chi connectivity index (χ2n) is 5.44. The van der Waals surface area contributed by atoms with E-state index in [1.54, 1.807) is 0 Å². The summed E-state index contributed by atoms with van der Waals surface area (Å²) in [6, 6.07) is 0. The van der Waals surface area contributed by atoms with Crippen molar-refractivity contribution < 1.29 is 4.74 Å². The van der Waals surface area contributed by atoms with E-state index in [2.05, 4.69) is 32.3 Å². The Morgan fingerprint density at radius 3 is 2.84 bits per heavy atom. The van der Waals surface area contributed by atoms with Crippen molar-refractivity contribution in [1.82, 2.24) is 20.5 Å². The van der Waals surface area contributed by atoms with Crippen molar-refractivity contribution in [2.24, 2.45) is 5.92 Å². The summed E-state index contributed by atoms with van der Waals surface area (Å²) in [5.74, 6) is 2.59. The van der Waals surface area contributed by atoms with Crippen molar-refractivity contribution in [1.29, 1.82) is 0 Å². The molecular formula is C13H23N5O. The van der Waals surface area contributed by atoms with Crippen LogP contribution in [0.1, 0.15) is 25.6 Å². The SMILES string of the molecule is CCOC1CC(Cc2nc(N3CCNCC3)n[nH]2)C1. The summed E-state index contributed by atoms with van der Waals surface area (Å²) in [7, 11) is 0. The zero-order chi connectivity index (χ0) is 13.1. The molecule has 106 valence electrons. The fourth-order valence-electron chi connectivity index (χ4n) is 2.87. The van der Waals surface area contributed by atoms with Gasteiger partial charge < -0.3 is 15.0 Å². The molecule has 1 saturated carbocycles. The van der Waals surface area contributed by atoms with Crippen LogP contribution in [0, 0.1) is 5.92 Å². The quantitative estimate of drug-likeness (QED) is 0.815. The Labute approximate surface area is 113 Å². The van der Waals surface area contributed by atoms with Gasteiger partial charge in [0.25, 0.3) is 0 Å². The van der Waals surface area contributed by atoms with Gasteiger partial charge in [0.2, 0.25) is 5.95 Å². The zero-order valence-electron chi connectivity index (χ0n) is 11.6. The lowest BCUT2D eigenvalue weighted by molar-refractivity contribution is -0.0245. The molecule has 0 unspecified atom stereocenters. The van der Waals surface area contributed by atoms with Gasteiger partial charge in [-0.25, -0.2) is 0 Å². The van der Waals surface area contributed by atoms with Gasteiger partial charge in [0.15, 0.2) is 0 Å². The lowest BCUT2D eigenvalue weighted by atomic mass is 9.80. The number of hydrogen-bond acceptors (Lipinski definition) is 5. The molecule has 6 heteroatoms. The number of nitrogens with zero attached hydrogens (tertiary/aromatic N) is 3. The van der Waals surface area contributed by atoms with E-state index in [0.29, 0.717) is 12.0 Å². The Kier molecular flexibility index (Phi) is 3.98. The van der Waals surface area contributed by atoms with Crippen LogP contribution >= 0.6 is 0 Å². The van der Waals surface area contributed by atoms with E-state index in [-0.39, 0.29) is 0 Å². The van der Waals surface area contributed by atoms with Gasteiger partial charge in [-0.05, 0) is 25.7 Å². The van der Waals surface area contributed by atoms with Crippen molar-refractivity contribution in [3.63, 3.8) is 0 Å². The molecule has 19 heavy (non-hydrogen) atoms. The summed E-state index contributed by atoms with van der Waals surface area (Å²) >= 11 is 0. The van der Waals surface area contributed by atoms with E-state index in [1.807, 2.05) is 0 Å². The van der Waals surface area contributed by atoms with Gasteiger partial charge in [0.05, 0.1) is 6.10 Å². The molecule has 3 rings (SSSR count). The maximum Gasteiger partial charge on any atom is 0.244 e. The number of aromatic amines is 1. The van der Waals surface area contributed by atoms with Crippen molar-refractivity contribution in [2.75, 3.05) is 37.7 Å². The molecule has 1 aromatic rings. The Bertz CT molecular complexity index is 395. The predicted octanol–water partition coefficient (Wildman–Crippen LogP) is 0.572. The van der Waals surface area contributed by atoms with Crippen LogP contribution in [0.15, 0.2) is 0 Å². The molecule has 0 amide bonds. The van der Waals surface area contributed by atoms with E-state index in [4.69, 9.17) is 4.74 Å². The molecular weight excluding hydrogens is 242 g/mol. The maximum atomic E-state index is 5.58. The normalized spacial score (nSPS) is 27.3. The van der Waals surface area contributed by atoms with Crippen LogP contribution < -0.4 is 10.2 Å². The summed E-state index contributed by atoms with van der Waals surface area (Å²) in [5, 5.41) is 10.8. The molecule has 1 aliphatic heterocycles. The van der Waals surface area contributed by atoms with Gasteiger partial charge >= 0.3 is 0 Å². The molecule has 1 aliphatic carbocycles.